The summed E-state index contributed by atoms with van der Waals surface area (Å²) in [7, 11) is 3.96. The molecule has 0 bridgehead atoms. The Labute approximate surface area is 112 Å². The summed E-state index contributed by atoms with van der Waals surface area (Å²) in [5.41, 5.74) is 5.75. The summed E-state index contributed by atoms with van der Waals surface area (Å²) in [6.45, 7) is -1.16. The highest BCUT2D eigenvalue weighted by Gasteiger charge is 2.32. The van der Waals surface area contributed by atoms with Crippen LogP contribution in [0.15, 0.2) is 0 Å². The second-order valence-electron chi connectivity index (χ2n) is 3.73. The molecule has 0 saturated heterocycles. The number of nitrogens with two attached hydrogens (primary N) is 1. The number of hydrogen-bond donors (Lipinski definition) is 2. The zero-order chi connectivity index (χ0) is 14.8. The van der Waals surface area contributed by atoms with Crippen molar-refractivity contribution in [1.29, 1.82) is 0 Å². The molecule has 0 saturated carbocycles. The van der Waals surface area contributed by atoms with Crippen molar-refractivity contribution in [1.82, 2.24) is 5.32 Å². The molecule has 0 fully saturated rings. The fourth-order valence-corrected chi connectivity index (χ4v) is 2.58. The van der Waals surface area contributed by atoms with Crippen LogP contribution < -0.4 is 20.7 Å². The molecule has 0 aromatic carbocycles. The number of methoxy groups -OCH3 is 1. The van der Waals surface area contributed by atoms with E-state index in [0.29, 0.717) is 0 Å². The number of thiophene rings is 1. The van der Waals surface area contributed by atoms with Gasteiger partial charge in [-0.05, 0) is 0 Å². The van der Waals surface area contributed by atoms with Gasteiger partial charge in [0, 0.05) is 14.1 Å². The smallest absolute Gasteiger partial charge is 0.405 e. The minimum Gasteiger partial charge on any atom is -0.492 e. The largest absolute Gasteiger partial charge is 0.492 e. The highest BCUT2D eigenvalue weighted by atomic mass is 32.1. The molecule has 1 heterocycles. The van der Waals surface area contributed by atoms with Gasteiger partial charge in [-0.2, -0.15) is 13.2 Å². The van der Waals surface area contributed by atoms with E-state index in [9.17, 15) is 18.0 Å². The number of ether oxygens (including phenoxy) is 1. The lowest BCUT2D eigenvalue weighted by Gasteiger charge is -2.20. The Morgan fingerprint density at radius 3 is 2.53 bits per heavy atom. The summed E-state index contributed by atoms with van der Waals surface area (Å²) < 4.78 is 42.1. The molecule has 9 heteroatoms. The second kappa shape index (κ2) is 5.55. The first-order valence-corrected chi connectivity index (χ1v) is 5.99. The van der Waals surface area contributed by atoms with Crippen LogP contribution in [0.25, 0.3) is 0 Å². The fourth-order valence-electron chi connectivity index (χ4n) is 1.49. The van der Waals surface area contributed by atoms with Crippen molar-refractivity contribution >= 4 is 27.9 Å². The van der Waals surface area contributed by atoms with E-state index < -0.39 is 18.6 Å². The van der Waals surface area contributed by atoms with Crippen LogP contribution >= 0.6 is 11.3 Å². The molecule has 0 atom stereocenters. The van der Waals surface area contributed by atoms with Crippen LogP contribution in [-0.2, 0) is 0 Å². The highest BCUT2D eigenvalue weighted by molar-refractivity contribution is 7.19. The quantitative estimate of drug-likeness (QED) is 0.887. The van der Waals surface area contributed by atoms with Crippen LogP contribution in [0.5, 0.6) is 5.75 Å². The number of rotatable bonds is 4. The maximum absolute atomic E-state index is 12.4. The lowest BCUT2D eigenvalue weighted by Crippen LogP contribution is -2.30. The molecule has 0 aliphatic carbocycles. The molecular weight excluding hydrogens is 283 g/mol. The summed E-state index contributed by atoms with van der Waals surface area (Å²) in [5, 5.41) is 2.53. The fraction of sp³-hybridized carbons (Fsp3) is 0.500. The van der Waals surface area contributed by atoms with Gasteiger partial charge in [0.15, 0.2) is 5.75 Å². The average molecular weight is 297 g/mol. The predicted molar refractivity (Wildman–Crippen MR) is 68.0 cm³/mol. The first-order valence-electron chi connectivity index (χ1n) is 5.17. The Morgan fingerprint density at radius 2 is 2.11 bits per heavy atom. The van der Waals surface area contributed by atoms with Crippen molar-refractivity contribution in [2.24, 2.45) is 0 Å². The number of alkyl halides is 3. The second-order valence-corrected chi connectivity index (χ2v) is 4.73. The van der Waals surface area contributed by atoms with Gasteiger partial charge in [-0.3, -0.25) is 4.79 Å². The van der Waals surface area contributed by atoms with Gasteiger partial charge < -0.3 is 20.7 Å². The average Bonchev–Trinajstić information content (AvgIpc) is 2.63. The van der Waals surface area contributed by atoms with Gasteiger partial charge in [-0.25, -0.2) is 0 Å². The number of nitrogens with one attached hydrogen (secondary N) is 1. The van der Waals surface area contributed by atoms with E-state index in [1.165, 1.54) is 21.2 Å². The number of anilines is 2. The molecular formula is C10H14F3N3O2S. The van der Waals surface area contributed by atoms with Crippen LogP contribution in [0.2, 0.25) is 0 Å². The normalized spacial score (nSPS) is 11.3. The van der Waals surface area contributed by atoms with Crippen LogP contribution in [-0.4, -0.2) is 39.8 Å². The van der Waals surface area contributed by atoms with Gasteiger partial charge in [-0.15, -0.1) is 11.3 Å². The summed E-state index contributed by atoms with van der Waals surface area (Å²) in [4.78, 5) is 12.6. The maximum Gasteiger partial charge on any atom is 0.405 e. The molecule has 0 spiro atoms. The van der Waals surface area contributed by atoms with E-state index in [4.69, 9.17) is 10.5 Å². The lowest BCUT2D eigenvalue weighted by atomic mass is 10.3. The molecule has 3 N–H and O–H groups in total. The van der Waals surface area contributed by atoms with E-state index in [2.05, 4.69) is 5.32 Å². The van der Waals surface area contributed by atoms with Gasteiger partial charge in [0.1, 0.15) is 22.1 Å². The van der Waals surface area contributed by atoms with Crippen molar-refractivity contribution < 1.29 is 22.7 Å². The molecule has 108 valence electrons. The molecule has 0 aliphatic heterocycles. The highest BCUT2D eigenvalue weighted by Crippen LogP contribution is 2.44. The van der Waals surface area contributed by atoms with Crippen LogP contribution in [0.4, 0.5) is 23.9 Å². The lowest BCUT2D eigenvalue weighted by molar-refractivity contribution is -0.119. The molecule has 0 radical (unpaired) electrons. The number of halogens is 3. The zero-order valence-electron chi connectivity index (χ0n) is 10.6. The molecule has 0 aliphatic rings. The van der Waals surface area contributed by atoms with Crippen LogP contribution in [0, 0.1) is 0 Å². The topological polar surface area (TPSA) is 67.6 Å². The van der Waals surface area contributed by atoms with Crippen molar-refractivity contribution in [2.45, 2.75) is 6.18 Å². The van der Waals surface area contributed by atoms with Gasteiger partial charge >= 0.3 is 6.18 Å². The molecule has 1 aromatic heterocycles. The molecule has 5 nitrogen and oxygen atoms in total. The number of carbonyl (C=O) groups excluding carboxylic acids is 1. The molecule has 19 heavy (non-hydrogen) atoms. The number of carbonyl (C=O) groups is 1. The summed E-state index contributed by atoms with van der Waals surface area (Å²) in [5.74, 6) is -0.386. The zero-order valence-corrected chi connectivity index (χ0v) is 11.4. The van der Waals surface area contributed by atoms with E-state index in [1.54, 1.807) is 0 Å². The summed E-state index contributed by atoms with van der Waals surface area (Å²) in [6, 6.07) is 0. The van der Waals surface area contributed by atoms with Crippen LogP contribution in [0.1, 0.15) is 9.67 Å². The van der Waals surface area contributed by atoms with E-state index in [-0.39, 0.29) is 21.3 Å². The van der Waals surface area contributed by atoms with Crippen molar-refractivity contribution in [3.8, 4) is 5.75 Å². The minimum absolute atomic E-state index is 0.0378. The first-order chi connectivity index (χ1) is 8.71. The Balaban J connectivity index is 3.17. The third-order valence-electron chi connectivity index (χ3n) is 2.28. The summed E-state index contributed by atoms with van der Waals surface area (Å²) >= 11 is 0.856. The van der Waals surface area contributed by atoms with Crippen molar-refractivity contribution in [3.05, 3.63) is 4.88 Å². The molecule has 1 amide bonds. The van der Waals surface area contributed by atoms with Crippen LogP contribution in [0.3, 0.4) is 0 Å². The van der Waals surface area contributed by atoms with E-state index >= 15 is 0 Å². The number of amides is 1. The monoisotopic (exact) mass is 297 g/mol. The van der Waals surface area contributed by atoms with Gasteiger partial charge in [0.05, 0.1) is 7.11 Å². The Kier molecular flexibility index (Phi) is 4.51. The number of nitrogen functional groups attached to an aromatic ring is 1. The molecule has 0 unspecified atom stereocenters. The van der Waals surface area contributed by atoms with Gasteiger partial charge in [0.2, 0.25) is 0 Å². The first kappa shape index (κ1) is 15.4. The van der Waals surface area contributed by atoms with E-state index in [1.807, 2.05) is 0 Å². The number of hydrogen-bond acceptors (Lipinski definition) is 5. The Morgan fingerprint density at radius 1 is 1.53 bits per heavy atom. The Bertz CT molecular complexity index is 473. The third-order valence-corrected chi connectivity index (χ3v) is 3.58. The van der Waals surface area contributed by atoms with Crippen molar-refractivity contribution in [3.63, 3.8) is 0 Å². The summed E-state index contributed by atoms with van der Waals surface area (Å²) in [6.07, 6.45) is -4.36. The molecule has 1 aromatic rings. The van der Waals surface area contributed by atoms with Gasteiger partial charge in [0.25, 0.3) is 5.91 Å². The molecule has 1 rings (SSSR count). The SMILES string of the molecule is CNC(=O)c1sc(N(C)CC(F)(F)F)c(OC)c1N. The van der Waals surface area contributed by atoms with E-state index in [0.717, 1.165) is 16.2 Å². The minimum atomic E-state index is -4.36. The van der Waals surface area contributed by atoms with Gasteiger partial charge in [-0.1, -0.05) is 0 Å². The van der Waals surface area contributed by atoms with Crippen molar-refractivity contribution in [2.75, 3.05) is 38.4 Å². The Hall–Kier alpha value is -1.64. The predicted octanol–water partition coefficient (Wildman–Crippen LogP) is 1.70. The number of nitrogens with zero attached hydrogens (tertiary/aromatic N) is 1. The standard InChI is InChI=1S/C10H14F3N3O2S/c1-15-8(17)7-5(14)6(18-3)9(19-7)16(2)4-10(11,12)13/h4,14H2,1-3H3,(H,15,17). The third kappa shape index (κ3) is 3.43. The maximum atomic E-state index is 12.4.